The fourth-order valence-electron chi connectivity index (χ4n) is 3.70. The van der Waals surface area contributed by atoms with Gasteiger partial charge in [0.2, 0.25) is 0 Å². The number of hydrogen-bond donors (Lipinski definition) is 2. The summed E-state index contributed by atoms with van der Waals surface area (Å²) in [5.74, 6) is 0.329. The standard InChI is InChI=1S/C22H22N2O/c1-22(2)23-19(14-20(24-22)18-11-5-6-13-21(18)25)17-12-7-9-15-8-3-4-10-16(15)17/h3-13,20,24-25H,14H2,1-2H3/t20-/m0/s1. The van der Waals surface area contributed by atoms with Crippen molar-refractivity contribution in [3.05, 3.63) is 77.9 Å². The second kappa shape index (κ2) is 6.01. The first-order valence-electron chi connectivity index (χ1n) is 8.66. The maximum Gasteiger partial charge on any atom is 0.120 e. The van der Waals surface area contributed by atoms with Crippen molar-refractivity contribution in [3.8, 4) is 5.75 Å². The Morgan fingerprint density at radius 1 is 0.960 bits per heavy atom. The largest absolute Gasteiger partial charge is 0.508 e. The molecule has 3 nitrogen and oxygen atoms in total. The van der Waals surface area contributed by atoms with Crippen LogP contribution in [0.3, 0.4) is 0 Å². The molecule has 0 aliphatic carbocycles. The molecule has 0 radical (unpaired) electrons. The van der Waals surface area contributed by atoms with Gasteiger partial charge in [-0.15, -0.1) is 0 Å². The normalized spacial score (nSPS) is 19.6. The second-order valence-electron chi connectivity index (χ2n) is 7.10. The third kappa shape index (κ3) is 3.03. The molecule has 0 saturated carbocycles. The van der Waals surface area contributed by atoms with Gasteiger partial charge in [-0.1, -0.05) is 60.7 Å². The number of hydrogen-bond acceptors (Lipinski definition) is 3. The number of aliphatic imine (C=N–C) groups is 1. The minimum atomic E-state index is -0.391. The van der Waals surface area contributed by atoms with E-state index in [1.165, 1.54) is 16.3 Å². The second-order valence-corrected chi connectivity index (χ2v) is 7.10. The van der Waals surface area contributed by atoms with Crippen molar-refractivity contribution in [2.24, 2.45) is 4.99 Å². The summed E-state index contributed by atoms with van der Waals surface area (Å²) in [6, 6.07) is 22.3. The summed E-state index contributed by atoms with van der Waals surface area (Å²) in [4.78, 5) is 4.96. The van der Waals surface area contributed by atoms with Gasteiger partial charge in [0.1, 0.15) is 11.4 Å². The number of benzene rings is 3. The van der Waals surface area contributed by atoms with Gasteiger partial charge in [-0.2, -0.15) is 0 Å². The van der Waals surface area contributed by atoms with E-state index in [0.717, 1.165) is 17.7 Å². The van der Waals surface area contributed by atoms with Gasteiger partial charge in [0.05, 0.1) is 0 Å². The van der Waals surface area contributed by atoms with Crippen LogP contribution < -0.4 is 5.32 Å². The predicted molar refractivity (Wildman–Crippen MR) is 103 cm³/mol. The third-order valence-electron chi connectivity index (χ3n) is 4.75. The van der Waals surface area contributed by atoms with Crippen LogP contribution in [-0.2, 0) is 0 Å². The molecule has 0 unspecified atom stereocenters. The van der Waals surface area contributed by atoms with Crippen LogP contribution >= 0.6 is 0 Å². The molecule has 126 valence electrons. The fourth-order valence-corrected chi connectivity index (χ4v) is 3.70. The molecule has 3 aromatic carbocycles. The fraction of sp³-hybridized carbons (Fsp3) is 0.227. The lowest BCUT2D eigenvalue weighted by molar-refractivity contribution is 0.328. The van der Waals surface area contributed by atoms with E-state index in [2.05, 4.69) is 61.6 Å². The van der Waals surface area contributed by atoms with E-state index in [0.29, 0.717) is 5.75 Å². The molecule has 0 aromatic heterocycles. The Bertz CT molecular complexity index is 954. The molecular formula is C22H22N2O. The van der Waals surface area contributed by atoms with Gasteiger partial charge in [0.25, 0.3) is 0 Å². The molecule has 0 amide bonds. The average Bonchev–Trinajstić information content (AvgIpc) is 2.60. The maximum absolute atomic E-state index is 10.3. The molecule has 3 heteroatoms. The Kier molecular flexibility index (Phi) is 3.81. The van der Waals surface area contributed by atoms with Crippen LogP contribution in [0.5, 0.6) is 5.75 Å². The van der Waals surface area contributed by atoms with E-state index in [1.54, 1.807) is 6.07 Å². The number of phenolic OH excluding ortho intramolecular Hbond substituents is 1. The first-order chi connectivity index (χ1) is 12.0. The van der Waals surface area contributed by atoms with Crippen molar-refractivity contribution in [2.75, 3.05) is 0 Å². The molecular weight excluding hydrogens is 308 g/mol. The summed E-state index contributed by atoms with van der Waals surface area (Å²) >= 11 is 0. The van der Waals surface area contributed by atoms with Gasteiger partial charge in [0.15, 0.2) is 0 Å². The van der Waals surface area contributed by atoms with Gasteiger partial charge in [0, 0.05) is 29.3 Å². The van der Waals surface area contributed by atoms with E-state index in [9.17, 15) is 5.11 Å². The lowest BCUT2D eigenvalue weighted by atomic mass is 9.90. The molecule has 0 saturated heterocycles. The van der Waals surface area contributed by atoms with E-state index < -0.39 is 5.66 Å². The molecule has 1 heterocycles. The van der Waals surface area contributed by atoms with Crippen molar-refractivity contribution in [1.82, 2.24) is 5.32 Å². The summed E-state index contributed by atoms with van der Waals surface area (Å²) in [7, 11) is 0. The number of nitrogens with one attached hydrogen (secondary N) is 1. The van der Waals surface area contributed by atoms with Crippen LogP contribution in [-0.4, -0.2) is 16.5 Å². The van der Waals surface area contributed by atoms with E-state index in [1.807, 2.05) is 18.2 Å². The zero-order chi connectivity index (χ0) is 17.4. The first-order valence-corrected chi connectivity index (χ1v) is 8.66. The van der Waals surface area contributed by atoms with Crippen molar-refractivity contribution >= 4 is 16.5 Å². The predicted octanol–water partition coefficient (Wildman–Crippen LogP) is 4.81. The highest BCUT2D eigenvalue weighted by atomic mass is 16.3. The smallest absolute Gasteiger partial charge is 0.120 e. The molecule has 3 aromatic rings. The Morgan fingerprint density at radius 2 is 1.68 bits per heavy atom. The van der Waals surface area contributed by atoms with Crippen molar-refractivity contribution in [3.63, 3.8) is 0 Å². The molecule has 2 N–H and O–H groups in total. The lowest BCUT2D eigenvalue weighted by Gasteiger charge is -2.35. The molecule has 0 spiro atoms. The Balaban J connectivity index is 1.81. The molecule has 1 aliphatic heterocycles. The molecule has 0 bridgehead atoms. The molecule has 25 heavy (non-hydrogen) atoms. The number of phenols is 1. The van der Waals surface area contributed by atoms with Crippen molar-refractivity contribution in [1.29, 1.82) is 0 Å². The summed E-state index contributed by atoms with van der Waals surface area (Å²) in [5.41, 5.74) is 2.78. The minimum Gasteiger partial charge on any atom is -0.508 e. The number of aromatic hydroxyl groups is 1. The van der Waals surface area contributed by atoms with Crippen molar-refractivity contribution < 1.29 is 5.11 Å². The number of nitrogens with zero attached hydrogens (tertiary/aromatic N) is 1. The van der Waals surface area contributed by atoms with Crippen LogP contribution in [0.4, 0.5) is 0 Å². The van der Waals surface area contributed by atoms with E-state index in [-0.39, 0.29) is 6.04 Å². The van der Waals surface area contributed by atoms with Gasteiger partial charge in [-0.05, 0) is 30.7 Å². The zero-order valence-corrected chi connectivity index (χ0v) is 14.5. The number of fused-ring (bicyclic) bond motifs is 1. The van der Waals surface area contributed by atoms with E-state index >= 15 is 0 Å². The quantitative estimate of drug-likeness (QED) is 0.708. The van der Waals surface area contributed by atoms with Crippen LogP contribution in [0, 0.1) is 0 Å². The van der Waals surface area contributed by atoms with Gasteiger partial charge < -0.3 is 5.11 Å². The highest BCUT2D eigenvalue weighted by molar-refractivity contribution is 6.11. The molecule has 0 fully saturated rings. The Hall–Kier alpha value is -2.65. The Morgan fingerprint density at radius 3 is 2.52 bits per heavy atom. The number of rotatable bonds is 2. The van der Waals surface area contributed by atoms with Crippen LogP contribution in [0.1, 0.15) is 37.4 Å². The lowest BCUT2D eigenvalue weighted by Crippen LogP contribution is -2.45. The monoisotopic (exact) mass is 330 g/mol. The third-order valence-corrected chi connectivity index (χ3v) is 4.75. The SMILES string of the molecule is CC1(C)N=C(c2cccc3ccccc23)C[C@@H](c2ccccc2O)N1. The van der Waals surface area contributed by atoms with Gasteiger partial charge in [-0.3, -0.25) is 10.3 Å². The summed E-state index contributed by atoms with van der Waals surface area (Å²) in [6.45, 7) is 4.15. The van der Waals surface area contributed by atoms with Crippen LogP contribution in [0.25, 0.3) is 10.8 Å². The first kappa shape index (κ1) is 15.9. The van der Waals surface area contributed by atoms with Crippen LogP contribution in [0.15, 0.2) is 71.7 Å². The highest BCUT2D eigenvalue weighted by Crippen LogP contribution is 2.34. The average molecular weight is 330 g/mol. The van der Waals surface area contributed by atoms with Gasteiger partial charge >= 0.3 is 0 Å². The van der Waals surface area contributed by atoms with Gasteiger partial charge in [-0.25, -0.2) is 0 Å². The van der Waals surface area contributed by atoms with Crippen molar-refractivity contribution in [2.45, 2.75) is 32.0 Å². The Labute approximate surface area is 148 Å². The summed E-state index contributed by atoms with van der Waals surface area (Å²) in [5, 5.41) is 16.3. The topological polar surface area (TPSA) is 44.6 Å². The molecule has 1 atom stereocenters. The molecule has 4 rings (SSSR count). The highest BCUT2D eigenvalue weighted by Gasteiger charge is 2.31. The summed E-state index contributed by atoms with van der Waals surface area (Å²) < 4.78 is 0. The number of para-hydroxylation sites is 1. The van der Waals surface area contributed by atoms with E-state index in [4.69, 9.17) is 4.99 Å². The maximum atomic E-state index is 10.3. The molecule has 1 aliphatic rings. The summed E-state index contributed by atoms with van der Waals surface area (Å²) in [6.07, 6.45) is 0.745. The minimum absolute atomic E-state index is 0.0302. The van der Waals surface area contributed by atoms with Crippen LogP contribution in [0.2, 0.25) is 0 Å². The zero-order valence-electron chi connectivity index (χ0n) is 14.5.